The number of fused-ring (bicyclic) bond motifs is 1. The average Bonchev–Trinajstić information content (AvgIpc) is 2.69. The van der Waals surface area contributed by atoms with Crippen molar-refractivity contribution in [3.05, 3.63) is 44.7 Å². The average molecular weight is 416 g/mol. The Labute approximate surface area is 172 Å². The third-order valence-electron chi connectivity index (χ3n) is 5.29. The van der Waals surface area contributed by atoms with E-state index in [2.05, 4.69) is 20.6 Å². The molecule has 2 aliphatic heterocycles. The van der Waals surface area contributed by atoms with Crippen LogP contribution < -0.4 is 21.1 Å². The number of hydrogen-bond donors (Lipinski definition) is 3. The number of benzene rings is 1. The van der Waals surface area contributed by atoms with Crippen molar-refractivity contribution in [2.45, 2.75) is 38.5 Å². The highest BCUT2D eigenvalue weighted by molar-refractivity contribution is 6.33. The molecule has 1 fully saturated rings. The van der Waals surface area contributed by atoms with Crippen molar-refractivity contribution in [1.29, 1.82) is 0 Å². The van der Waals surface area contributed by atoms with Crippen LogP contribution >= 0.6 is 11.6 Å². The van der Waals surface area contributed by atoms with Crippen molar-refractivity contribution in [2.75, 3.05) is 28.6 Å². The topological polar surface area (TPSA) is 107 Å². The number of piperidine rings is 1. The van der Waals surface area contributed by atoms with Crippen molar-refractivity contribution in [3.63, 3.8) is 0 Å². The van der Waals surface area contributed by atoms with Gasteiger partial charge in [0.2, 0.25) is 17.8 Å². The van der Waals surface area contributed by atoms with E-state index in [1.165, 1.54) is 0 Å². The summed E-state index contributed by atoms with van der Waals surface area (Å²) in [5.74, 6) is -1.18. The zero-order valence-electron chi connectivity index (χ0n) is 16.0. The predicted octanol–water partition coefficient (Wildman–Crippen LogP) is 2.79. The zero-order valence-corrected chi connectivity index (χ0v) is 16.8. The van der Waals surface area contributed by atoms with Crippen molar-refractivity contribution < 1.29 is 9.59 Å². The lowest BCUT2D eigenvalue weighted by Crippen LogP contribution is -2.38. The van der Waals surface area contributed by atoms with Crippen LogP contribution in [0.2, 0.25) is 5.02 Å². The van der Waals surface area contributed by atoms with E-state index in [1.807, 2.05) is 17.9 Å². The lowest BCUT2D eigenvalue weighted by Gasteiger charge is -2.29. The Morgan fingerprint density at radius 3 is 2.72 bits per heavy atom. The molecule has 0 spiro atoms. The zero-order chi connectivity index (χ0) is 20.5. The van der Waals surface area contributed by atoms with E-state index >= 15 is 0 Å². The quantitative estimate of drug-likeness (QED) is 0.714. The summed E-state index contributed by atoms with van der Waals surface area (Å²) in [6.07, 6.45) is 3.06. The number of aryl methyl sites for hydroxylation is 1. The summed E-state index contributed by atoms with van der Waals surface area (Å²) in [5, 5.41) is 5.77. The third kappa shape index (κ3) is 3.98. The van der Waals surface area contributed by atoms with Gasteiger partial charge in [0, 0.05) is 19.5 Å². The summed E-state index contributed by atoms with van der Waals surface area (Å²) >= 11 is 6.20. The predicted molar refractivity (Wildman–Crippen MR) is 112 cm³/mol. The van der Waals surface area contributed by atoms with Crippen molar-refractivity contribution >= 4 is 40.9 Å². The maximum Gasteiger partial charge on any atom is 0.258 e. The number of aromatic amines is 1. The minimum absolute atomic E-state index is 0.129. The molecule has 2 aliphatic rings. The van der Waals surface area contributed by atoms with Crippen LogP contribution in [0.1, 0.15) is 42.7 Å². The Morgan fingerprint density at radius 1 is 1.24 bits per heavy atom. The summed E-state index contributed by atoms with van der Waals surface area (Å²) < 4.78 is 0. The molecule has 2 aromatic rings. The summed E-state index contributed by atoms with van der Waals surface area (Å²) in [6, 6.07) is 5.25. The van der Waals surface area contributed by atoms with Gasteiger partial charge >= 0.3 is 0 Å². The molecule has 0 unspecified atom stereocenters. The minimum atomic E-state index is -0.942. The molecule has 1 saturated heterocycles. The van der Waals surface area contributed by atoms with Crippen LogP contribution in [-0.2, 0) is 9.59 Å². The molecule has 1 atom stereocenters. The third-order valence-corrected chi connectivity index (χ3v) is 5.61. The molecule has 1 aromatic carbocycles. The summed E-state index contributed by atoms with van der Waals surface area (Å²) in [7, 11) is 0. The van der Waals surface area contributed by atoms with Gasteiger partial charge in [-0.05, 0) is 43.9 Å². The Bertz CT molecular complexity index is 1030. The molecule has 0 bridgehead atoms. The molecule has 1 aromatic heterocycles. The first-order chi connectivity index (χ1) is 13.9. The number of H-pyrrole nitrogens is 1. The fourth-order valence-electron chi connectivity index (χ4n) is 3.78. The summed E-state index contributed by atoms with van der Waals surface area (Å²) in [5.41, 5.74) is 1.15. The van der Waals surface area contributed by atoms with Crippen LogP contribution in [0.4, 0.5) is 17.5 Å². The SMILES string of the molecule is Cc1ccc(NC(=O)[C@@H]2CC(=O)Nc3nc(N4CCCCC4)[nH]c(=O)c32)c(Cl)c1. The molecule has 2 amide bonds. The Balaban J connectivity index is 1.65. The highest BCUT2D eigenvalue weighted by Gasteiger charge is 2.35. The number of hydrogen-bond acceptors (Lipinski definition) is 5. The normalized spacial score (nSPS) is 18.8. The highest BCUT2D eigenvalue weighted by atomic mass is 35.5. The van der Waals surface area contributed by atoms with E-state index in [0.29, 0.717) is 16.7 Å². The fraction of sp³-hybridized carbons (Fsp3) is 0.400. The highest BCUT2D eigenvalue weighted by Crippen LogP contribution is 2.32. The smallest absolute Gasteiger partial charge is 0.258 e. The van der Waals surface area contributed by atoms with Gasteiger partial charge < -0.3 is 15.5 Å². The molecule has 0 aliphatic carbocycles. The fourth-order valence-corrected chi connectivity index (χ4v) is 4.06. The van der Waals surface area contributed by atoms with Gasteiger partial charge in [-0.2, -0.15) is 4.98 Å². The first kappa shape index (κ1) is 19.4. The van der Waals surface area contributed by atoms with Crippen LogP contribution in [0.25, 0.3) is 0 Å². The van der Waals surface area contributed by atoms with Crippen molar-refractivity contribution in [1.82, 2.24) is 9.97 Å². The molecule has 29 heavy (non-hydrogen) atoms. The molecule has 8 nitrogen and oxygen atoms in total. The van der Waals surface area contributed by atoms with Gasteiger partial charge in [-0.15, -0.1) is 0 Å². The van der Waals surface area contributed by atoms with Gasteiger partial charge in [0.15, 0.2) is 0 Å². The Kier molecular flexibility index (Phi) is 5.27. The van der Waals surface area contributed by atoms with Gasteiger partial charge in [0.25, 0.3) is 5.56 Å². The van der Waals surface area contributed by atoms with Crippen LogP contribution in [0.3, 0.4) is 0 Å². The van der Waals surface area contributed by atoms with Gasteiger partial charge in [0.05, 0.1) is 22.2 Å². The number of rotatable bonds is 3. The lowest BCUT2D eigenvalue weighted by atomic mass is 9.92. The standard InChI is InChI=1S/C20H22ClN5O3/c1-11-5-6-14(13(21)9-11)22-18(28)12-10-15(27)23-17-16(12)19(29)25-20(24-17)26-7-3-2-4-8-26/h5-6,9,12H,2-4,7-8,10H2,1H3,(H,22,28)(H2,23,24,25,27,29)/t12-/m1/s1. The van der Waals surface area contributed by atoms with Crippen molar-refractivity contribution in [2.24, 2.45) is 0 Å². The van der Waals surface area contributed by atoms with E-state index in [4.69, 9.17) is 11.6 Å². The van der Waals surface area contributed by atoms with Gasteiger partial charge in [-0.1, -0.05) is 17.7 Å². The molecule has 152 valence electrons. The van der Waals surface area contributed by atoms with Gasteiger partial charge in [-0.25, -0.2) is 0 Å². The summed E-state index contributed by atoms with van der Waals surface area (Å²) in [6.45, 7) is 3.49. The van der Waals surface area contributed by atoms with E-state index in [-0.39, 0.29) is 23.7 Å². The molecule has 0 saturated carbocycles. The van der Waals surface area contributed by atoms with E-state index in [9.17, 15) is 14.4 Å². The number of anilines is 3. The minimum Gasteiger partial charge on any atom is -0.342 e. The van der Waals surface area contributed by atoms with Crippen LogP contribution in [0.5, 0.6) is 0 Å². The second-order valence-electron chi connectivity index (χ2n) is 7.48. The number of nitrogens with one attached hydrogen (secondary N) is 3. The number of carbonyl (C=O) groups excluding carboxylic acids is 2. The molecular formula is C20H22ClN5O3. The van der Waals surface area contributed by atoms with Crippen molar-refractivity contribution in [3.8, 4) is 0 Å². The maximum atomic E-state index is 12.9. The summed E-state index contributed by atoms with van der Waals surface area (Å²) in [4.78, 5) is 47.2. The molecule has 3 N–H and O–H groups in total. The number of carbonyl (C=O) groups is 2. The lowest BCUT2D eigenvalue weighted by molar-refractivity contribution is -0.123. The maximum absolute atomic E-state index is 12.9. The van der Waals surface area contributed by atoms with E-state index in [0.717, 1.165) is 37.9 Å². The Hall–Kier alpha value is -2.87. The molecule has 9 heteroatoms. The van der Waals surface area contributed by atoms with E-state index in [1.54, 1.807) is 12.1 Å². The van der Waals surface area contributed by atoms with Crippen LogP contribution in [0, 0.1) is 6.92 Å². The number of nitrogens with zero attached hydrogens (tertiary/aromatic N) is 2. The van der Waals surface area contributed by atoms with Crippen LogP contribution in [0.15, 0.2) is 23.0 Å². The largest absolute Gasteiger partial charge is 0.342 e. The van der Waals surface area contributed by atoms with E-state index < -0.39 is 17.4 Å². The first-order valence-corrected chi connectivity index (χ1v) is 10.1. The van der Waals surface area contributed by atoms with Crippen LogP contribution in [-0.4, -0.2) is 34.9 Å². The Morgan fingerprint density at radius 2 is 2.00 bits per heavy atom. The number of amides is 2. The first-order valence-electron chi connectivity index (χ1n) is 9.68. The van der Waals surface area contributed by atoms with Gasteiger partial charge in [0.1, 0.15) is 5.82 Å². The molecule has 0 radical (unpaired) electrons. The number of aromatic nitrogens is 2. The number of halogens is 1. The molecule has 4 rings (SSSR count). The van der Waals surface area contributed by atoms with Gasteiger partial charge in [-0.3, -0.25) is 19.4 Å². The monoisotopic (exact) mass is 415 g/mol. The second kappa shape index (κ2) is 7.87. The molecular weight excluding hydrogens is 394 g/mol. The molecule has 3 heterocycles. The second-order valence-corrected chi connectivity index (χ2v) is 7.88.